The van der Waals surface area contributed by atoms with E-state index in [0.29, 0.717) is 0 Å². The van der Waals surface area contributed by atoms with Gasteiger partial charge in [0, 0.05) is 4.47 Å². The molecule has 0 bridgehead atoms. The fourth-order valence-corrected chi connectivity index (χ4v) is 1.32. The molecule has 1 radical (unpaired) electrons. The van der Waals surface area contributed by atoms with Gasteiger partial charge in [-0.3, -0.25) is 0 Å². The highest BCUT2D eigenvalue weighted by molar-refractivity contribution is 9.10. The number of para-hydroxylation sites is 1. The zero-order valence-corrected chi connectivity index (χ0v) is 7.56. The van der Waals surface area contributed by atoms with Gasteiger partial charge in [0.05, 0.1) is 5.69 Å². The summed E-state index contributed by atoms with van der Waals surface area (Å²) in [6.45, 7) is 0. The van der Waals surface area contributed by atoms with Crippen LogP contribution in [0.3, 0.4) is 0 Å². The van der Waals surface area contributed by atoms with Gasteiger partial charge in [0.25, 0.3) is 0 Å². The summed E-state index contributed by atoms with van der Waals surface area (Å²) in [4.78, 5) is 0. The lowest BCUT2D eigenvalue weighted by Crippen LogP contribution is -1.95. The standard InChI is InChI=1S/C7H4BrN4/c8-6-3-1-2-4-7(6)12-5-9-10-11-12/h1-4H. The molecule has 0 saturated heterocycles. The van der Waals surface area contributed by atoms with E-state index in [9.17, 15) is 0 Å². The molecular weight excluding hydrogens is 220 g/mol. The molecule has 0 aliphatic carbocycles. The van der Waals surface area contributed by atoms with Crippen molar-refractivity contribution in [3.8, 4) is 5.69 Å². The molecule has 0 saturated carbocycles. The number of hydrogen-bond donors (Lipinski definition) is 0. The number of nitrogens with zero attached hydrogens (tertiary/aromatic N) is 4. The predicted octanol–water partition coefficient (Wildman–Crippen LogP) is 1.22. The quantitative estimate of drug-likeness (QED) is 0.731. The average molecular weight is 224 g/mol. The number of rotatable bonds is 1. The fraction of sp³-hybridized carbons (Fsp3) is 0. The maximum atomic E-state index is 3.72. The molecule has 5 heteroatoms. The van der Waals surface area contributed by atoms with Crippen molar-refractivity contribution >= 4 is 15.9 Å². The van der Waals surface area contributed by atoms with E-state index in [1.807, 2.05) is 24.3 Å². The summed E-state index contributed by atoms with van der Waals surface area (Å²) in [7, 11) is 0. The Morgan fingerprint density at radius 3 is 2.83 bits per heavy atom. The van der Waals surface area contributed by atoms with Crippen molar-refractivity contribution in [2.24, 2.45) is 0 Å². The molecule has 4 nitrogen and oxygen atoms in total. The van der Waals surface area contributed by atoms with Gasteiger partial charge in [0.2, 0.25) is 6.33 Å². The summed E-state index contributed by atoms with van der Waals surface area (Å²) in [5.41, 5.74) is 0.877. The summed E-state index contributed by atoms with van der Waals surface area (Å²) in [5.74, 6) is 0. The molecule has 2 aromatic rings. The van der Waals surface area contributed by atoms with Crippen LogP contribution in [0.15, 0.2) is 28.7 Å². The van der Waals surface area contributed by atoms with E-state index >= 15 is 0 Å². The van der Waals surface area contributed by atoms with Gasteiger partial charge in [0.15, 0.2) is 0 Å². The van der Waals surface area contributed by atoms with Crippen LogP contribution in [0.5, 0.6) is 0 Å². The van der Waals surface area contributed by atoms with Crippen LogP contribution in [0.4, 0.5) is 0 Å². The largest absolute Gasteiger partial charge is 0.226 e. The molecular formula is C7H4BrN4. The minimum absolute atomic E-state index is 0.877. The van der Waals surface area contributed by atoms with Crippen molar-refractivity contribution in [1.82, 2.24) is 20.2 Å². The van der Waals surface area contributed by atoms with E-state index in [4.69, 9.17) is 0 Å². The van der Waals surface area contributed by atoms with E-state index in [1.54, 1.807) is 0 Å². The van der Waals surface area contributed by atoms with Crippen molar-refractivity contribution in [1.29, 1.82) is 0 Å². The first-order valence-electron chi connectivity index (χ1n) is 3.29. The highest BCUT2D eigenvalue weighted by atomic mass is 79.9. The van der Waals surface area contributed by atoms with Crippen molar-refractivity contribution in [2.75, 3.05) is 0 Å². The second kappa shape index (κ2) is 3.02. The molecule has 0 aliphatic rings. The number of tetrazole rings is 1. The van der Waals surface area contributed by atoms with Gasteiger partial charge in [0.1, 0.15) is 0 Å². The Morgan fingerprint density at radius 1 is 1.33 bits per heavy atom. The first-order valence-corrected chi connectivity index (χ1v) is 4.08. The maximum absolute atomic E-state index is 3.72. The van der Waals surface area contributed by atoms with Gasteiger partial charge >= 0.3 is 0 Å². The number of benzene rings is 1. The molecule has 0 atom stereocenters. The van der Waals surface area contributed by atoms with E-state index in [1.165, 1.54) is 4.68 Å². The van der Waals surface area contributed by atoms with Gasteiger partial charge in [-0.2, -0.15) is 4.68 Å². The molecule has 0 unspecified atom stereocenters. The second-order valence-corrected chi connectivity index (χ2v) is 3.00. The summed E-state index contributed by atoms with van der Waals surface area (Å²) < 4.78 is 2.41. The van der Waals surface area contributed by atoms with Crippen molar-refractivity contribution in [3.05, 3.63) is 35.1 Å². The first kappa shape index (κ1) is 7.42. The van der Waals surface area contributed by atoms with E-state index in [2.05, 4.69) is 37.8 Å². The third kappa shape index (κ3) is 1.23. The van der Waals surface area contributed by atoms with Crippen LogP contribution in [-0.4, -0.2) is 20.2 Å². The van der Waals surface area contributed by atoms with Crippen LogP contribution in [0.2, 0.25) is 0 Å². The molecule has 1 heterocycles. The molecule has 12 heavy (non-hydrogen) atoms. The van der Waals surface area contributed by atoms with E-state index < -0.39 is 0 Å². The average Bonchev–Trinajstić information content (AvgIpc) is 2.57. The molecule has 0 aliphatic heterocycles. The predicted molar refractivity (Wildman–Crippen MR) is 45.7 cm³/mol. The Bertz CT molecular complexity index is 371. The Kier molecular flexibility index (Phi) is 1.87. The lowest BCUT2D eigenvalue weighted by molar-refractivity contribution is 0.785. The molecule has 0 fully saturated rings. The molecule has 1 aromatic carbocycles. The third-order valence-corrected chi connectivity index (χ3v) is 2.06. The zero-order chi connectivity index (χ0) is 8.39. The van der Waals surface area contributed by atoms with Crippen LogP contribution in [0, 0.1) is 6.33 Å². The second-order valence-electron chi connectivity index (χ2n) is 2.14. The number of aromatic nitrogens is 4. The lowest BCUT2D eigenvalue weighted by Gasteiger charge is -1.99. The third-order valence-electron chi connectivity index (χ3n) is 1.39. The van der Waals surface area contributed by atoms with E-state index in [-0.39, 0.29) is 0 Å². The lowest BCUT2D eigenvalue weighted by atomic mass is 10.3. The van der Waals surface area contributed by atoms with Crippen LogP contribution >= 0.6 is 15.9 Å². The number of halogens is 1. The van der Waals surface area contributed by atoms with Gasteiger partial charge < -0.3 is 0 Å². The van der Waals surface area contributed by atoms with Crippen molar-refractivity contribution in [2.45, 2.75) is 0 Å². The SMILES string of the molecule is Brc1ccccc1-n1[c]nnn1. The number of hydrogen-bond acceptors (Lipinski definition) is 3. The summed E-state index contributed by atoms with van der Waals surface area (Å²) >= 11 is 3.38. The van der Waals surface area contributed by atoms with Crippen molar-refractivity contribution in [3.63, 3.8) is 0 Å². The van der Waals surface area contributed by atoms with Gasteiger partial charge in [-0.1, -0.05) is 12.1 Å². The normalized spacial score (nSPS) is 10.1. The Hall–Kier alpha value is -1.23. The summed E-state index contributed by atoms with van der Waals surface area (Å²) in [6, 6.07) is 7.66. The highest BCUT2D eigenvalue weighted by Crippen LogP contribution is 2.18. The molecule has 0 spiro atoms. The topological polar surface area (TPSA) is 43.6 Å². The first-order chi connectivity index (χ1) is 5.88. The van der Waals surface area contributed by atoms with Gasteiger partial charge in [-0.05, 0) is 38.5 Å². The van der Waals surface area contributed by atoms with E-state index in [0.717, 1.165) is 10.2 Å². The molecule has 1 aromatic heterocycles. The monoisotopic (exact) mass is 223 g/mol. The minimum atomic E-state index is 0.877. The molecule has 0 amide bonds. The molecule has 2 rings (SSSR count). The summed E-state index contributed by atoms with van der Waals surface area (Å²) in [5, 5.41) is 10.6. The van der Waals surface area contributed by atoms with Gasteiger partial charge in [-0.15, -0.1) is 5.10 Å². The summed E-state index contributed by atoms with van der Waals surface area (Å²) in [6.07, 6.45) is 2.61. The highest BCUT2D eigenvalue weighted by Gasteiger charge is 2.01. The molecule has 59 valence electrons. The zero-order valence-electron chi connectivity index (χ0n) is 5.98. The molecule has 0 N–H and O–H groups in total. The minimum Gasteiger partial charge on any atom is -0.189 e. The van der Waals surface area contributed by atoms with Crippen LogP contribution < -0.4 is 0 Å². The Balaban J connectivity index is 2.55. The Morgan fingerprint density at radius 2 is 2.17 bits per heavy atom. The maximum Gasteiger partial charge on any atom is 0.226 e. The van der Waals surface area contributed by atoms with Crippen LogP contribution in [0.1, 0.15) is 0 Å². The van der Waals surface area contributed by atoms with Crippen LogP contribution in [0.25, 0.3) is 5.69 Å². The Labute approximate surface area is 77.3 Å². The van der Waals surface area contributed by atoms with Crippen LogP contribution in [-0.2, 0) is 0 Å². The van der Waals surface area contributed by atoms with Crippen molar-refractivity contribution < 1.29 is 0 Å². The van der Waals surface area contributed by atoms with Gasteiger partial charge in [-0.25, -0.2) is 0 Å². The smallest absolute Gasteiger partial charge is 0.189 e. The fourth-order valence-electron chi connectivity index (χ4n) is 0.868.